The van der Waals surface area contributed by atoms with Crippen molar-refractivity contribution in [1.82, 2.24) is 15.1 Å². The van der Waals surface area contributed by atoms with E-state index < -0.39 is 0 Å². The summed E-state index contributed by atoms with van der Waals surface area (Å²) in [6.07, 6.45) is 3.89. The Morgan fingerprint density at radius 1 is 1.48 bits per heavy atom. The number of hydrogen-bond acceptors (Lipinski definition) is 4. The Kier molecular flexibility index (Phi) is 8.95. The van der Waals surface area contributed by atoms with Gasteiger partial charge in [-0.3, -0.25) is 9.89 Å². The van der Waals surface area contributed by atoms with Gasteiger partial charge in [-0.05, 0) is 42.2 Å². The highest BCUT2D eigenvalue weighted by Crippen LogP contribution is 2.28. The SMILES string of the molecule is CN=C(NCCN1CCc2sccc2C1)N(C)CCOCC1CC1.I. The van der Waals surface area contributed by atoms with E-state index in [0.717, 1.165) is 51.3 Å². The normalized spacial score (nSPS) is 17.8. The molecule has 1 saturated carbocycles. The monoisotopic (exact) mass is 478 g/mol. The molecule has 2 aliphatic rings. The summed E-state index contributed by atoms with van der Waals surface area (Å²) in [5.74, 6) is 1.79. The highest BCUT2D eigenvalue weighted by atomic mass is 127. The number of likely N-dealkylation sites (N-methyl/N-ethyl adjacent to an activating group) is 1. The number of fused-ring (bicyclic) bond motifs is 1. The molecule has 1 N–H and O–H groups in total. The quantitative estimate of drug-likeness (QED) is 0.270. The van der Waals surface area contributed by atoms with Gasteiger partial charge in [-0.15, -0.1) is 35.3 Å². The molecule has 0 aromatic carbocycles. The summed E-state index contributed by atoms with van der Waals surface area (Å²) in [4.78, 5) is 10.6. The van der Waals surface area contributed by atoms with Crippen molar-refractivity contribution >= 4 is 41.3 Å². The second-order valence-corrected chi connectivity index (χ2v) is 7.81. The first kappa shape index (κ1) is 20.9. The zero-order chi connectivity index (χ0) is 16.8. The Bertz CT molecular complexity index is 547. The minimum Gasteiger partial charge on any atom is -0.379 e. The first-order valence-electron chi connectivity index (χ1n) is 9.03. The lowest BCUT2D eigenvalue weighted by Crippen LogP contribution is -2.44. The molecule has 1 aliphatic carbocycles. The van der Waals surface area contributed by atoms with Gasteiger partial charge in [0, 0.05) is 58.3 Å². The predicted molar refractivity (Wildman–Crippen MR) is 116 cm³/mol. The van der Waals surface area contributed by atoms with Gasteiger partial charge in [0.2, 0.25) is 0 Å². The molecular formula is C18H31IN4OS. The van der Waals surface area contributed by atoms with Crippen molar-refractivity contribution in [3.63, 3.8) is 0 Å². The van der Waals surface area contributed by atoms with Gasteiger partial charge < -0.3 is 15.0 Å². The van der Waals surface area contributed by atoms with E-state index in [1.165, 1.54) is 31.4 Å². The maximum atomic E-state index is 5.72. The number of aliphatic imine (C=N–C) groups is 1. The summed E-state index contributed by atoms with van der Waals surface area (Å²) >= 11 is 1.90. The van der Waals surface area contributed by atoms with Crippen LogP contribution >= 0.6 is 35.3 Å². The van der Waals surface area contributed by atoms with Gasteiger partial charge in [-0.2, -0.15) is 0 Å². The molecule has 0 amide bonds. The molecule has 3 rings (SSSR count). The highest BCUT2D eigenvalue weighted by Gasteiger charge is 2.21. The molecular weight excluding hydrogens is 447 g/mol. The Labute approximate surface area is 172 Å². The van der Waals surface area contributed by atoms with Crippen LogP contribution in [0.15, 0.2) is 16.4 Å². The van der Waals surface area contributed by atoms with E-state index in [-0.39, 0.29) is 24.0 Å². The van der Waals surface area contributed by atoms with Crippen LogP contribution in [0.4, 0.5) is 0 Å². The Morgan fingerprint density at radius 2 is 2.32 bits per heavy atom. The van der Waals surface area contributed by atoms with Crippen molar-refractivity contribution in [2.75, 3.05) is 53.5 Å². The van der Waals surface area contributed by atoms with E-state index in [1.54, 1.807) is 4.88 Å². The summed E-state index contributed by atoms with van der Waals surface area (Å²) in [7, 11) is 3.93. The van der Waals surface area contributed by atoms with Crippen molar-refractivity contribution in [3.05, 3.63) is 21.9 Å². The molecule has 1 aliphatic heterocycles. The van der Waals surface area contributed by atoms with Crippen LogP contribution in [0.1, 0.15) is 23.3 Å². The van der Waals surface area contributed by atoms with E-state index in [0.29, 0.717) is 0 Å². The second kappa shape index (κ2) is 10.7. The van der Waals surface area contributed by atoms with Crippen molar-refractivity contribution in [3.8, 4) is 0 Å². The molecule has 0 atom stereocenters. The van der Waals surface area contributed by atoms with Gasteiger partial charge in [0.1, 0.15) is 0 Å². The van der Waals surface area contributed by atoms with Crippen LogP contribution in [0.5, 0.6) is 0 Å². The van der Waals surface area contributed by atoms with Gasteiger partial charge in [0.25, 0.3) is 0 Å². The molecule has 1 aromatic heterocycles. The number of nitrogens with one attached hydrogen (secondary N) is 1. The van der Waals surface area contributed by atoms with Crippen molar-refractivity contribution < 1.29 is 4.74 Å². The van der Waals surface area contributed by atoms with Gasteiger partial charge in [0.05, 0.1) is 6.61 Å². The summed E-state index contributed by atoms with van der Waals surface area (Å²) in [5, 5.41) is 5.69. The first-order valence-corrected chi connectivity index (χ1v) is 9.91. The molecule has 0 unspecified atom stereocenters. The summed E-state index contributed by atoms with van der Waals surface area (Å²) in [5.41, 5.74) is 1.51. The van der Waals surface area contributed by atoms with E-state index in [2.05, 4.69) is 38.6 Å². The Balaban J connectivity index is 0.00000225. The minimum atomic E-state index is 0. The predicted octanol–water partition coefficient (Wildman–Crippen LogP) is 2.66. The fraction of sp³-hybridized carbons (Fsp3) is 0.722. The first-order chi connectivity index (χ1) is 11.8. The van der Waals surface area contributed by atoms with Crippen LogP contribution in [-0.2, 0) is 17.7 Å². The van der Waals surface area contributed by atoms with E-state index in [9.17, 15) is 0 Å². The third-order valence-corrected chi connectivity index (χ3v) is 5.82. The summed E-state index contributed by atoms with van der Waals surface area (Å²) in [6.45, 7) is 6.83. The van der Waals surface area contributed by atoms with Gasteiger partial charge in [0.15, 0.2) is 5.96 Å². The fourth-order valence-electron chi connectivity index (χ4n) is 3.05. The van der Waals surface area contributed by atoms with Crippen molar-refractivity contribution in [2.45, 2.75) is 25.8 Å². The number of thiophene rings is 1. The standard InChI is InChI=1S/C18H30N4OS.HI/c1-19-18(21(2)10-11-23-14-15-3-4-15)20-7-9-22-8-5-17-16(13-22)6-12-24-17;/h6,12,15H,3-5,7-11,13-14H2,1-2H3,(H,19,20);1H. The summed E-state index contributed by atoms with van der Waals surface area (Å²) < 4.78 is 5.72. The lowest BCUT2D eigenvalue weighted by Gasteiger charge is -2.28. The lowest BCUT2D eigenvalue weighted by atomic mass is 10.1. The fourth-order valence-corrected chi connectivity index (χ4v) is 3.94. The van der Waals surface area contributed by atoms with Gasteiger partial charge >= 0.3 is 0 Å². The Morgan fingerprint density at radius 3 is 3.08 bits per heavy atom. The molecule has 0 bridgehead atoms. The molecule has 2 heterocycles. The van der Waals surface area contributed by atoms with Crippen molar-refractivity contribution in [2.24, 2.45) is 10.9 Å². The van der Waals surface area contributed by atoms with Gasteiger partial charge in [-0.25, -0.2) is 0 Å². The molecule has 1 fully saturated rings. The molecule has 7 heteroatoms. The molecule has 0 saturated heterocycles. The number of halogens is 1. The maximum Gasteiger partial charge on any atom is 0.193 e. The second-order valence-electron chi connectivity index (χ2n) is 6.81. The van der Waals surface area contributed by atoms with Crippen LogP contribution in [0.3, 0.4) is 0 Å². The lowest BCUT2D eigenvalue weighted by molar-refractivity contribution is 0.115. The Hall–Kier alpha value is -0.380. The molecule has 1 aromatic rings. The zero-order valence-electron chi connectivity index (χ0n) is 15.4. The number of rotatable bonds is 8. The molecule has 5 nitrogen and oxygen atoms in total. The van der Waals surface area contributed by atoms with Crippen LogP contribution < -0.4 is 5.32 Å². The number of hydrogen-bond donors (Lipinski definition) is 1. The smallest absolute Gasteiger partial charge is 0.193 e. The molecule has 0 radical (unpaired) electrons. The third kappa shape index (κ3) is 6.69. The summed E-state index contributed by atoms with van der Waals surface area (Å²) in [6, 6.07) is 2.27. The van der Waals surface area contributed by atoms with Crippen LogP contribution in [0.25, 0.3) is 0 Å². The maximum absolute atomic E-state index is 5.72. The van der Waals surface area contributed by atoms with E-state index in [1.807, 2.05) is 18.4 Å². The van der Waals surface area contributed by atoms with Crippen LogP contribution in [-0.4, -0.2) is 69.2 Å². The zero-order valence-corrected chi connectivity index (χ0v) is 18.5. The largest absolute Gasteiger partial charge is 0.379 e. The average Bonchev–Trinajstić information content (AvgIpc) is 3.30. The highest BCUT2D eigenvalue weighted by molar-refractivity contribution is 14.0. The number of nitrogens with zero attached hydrogens (tertiary/aromatic N) is 3. The van der Waals surface area contributed by atoms with Crippen molar-refractivity contribution in [1.29, 1.82) is 0 Å². The van der Waals surface area contributed by atoms with Gasteiger partial charge in [-0.1, -0.05) is 0 Å². The minimum absolute atomic E-state index is 0. The third-order valence-electron chi connectivity index (χ3n) is 4.79. The van der Waals surface area contributed by atoms with E-state index >= 15 is 0 Å². The average molecular weight is 478 g/mol. The molecule has 25 heavy (non-hydrogen) atoms. The molecule has 142 valence electrons. The topological polar surface area (TPSA) is 40.1 Å². The molecule has 0 spiro atoms. The van der Waals surface area contributed by atoms with E-state index in [4.69, 9.17) is 4.74 Å². The number of ether oxygens (including phenoxy) is 1. The van der Waals surface area contributed by atoms with Crippen LogP contribution in [0, 0.1) is 5.92 Å². The number of guanidine groups is 1. The van der Waals surface area contributed by atoms with Crippen LogP contribution in [0.2, 0.25) is 0 Å².